The number of hydrogen-bond donors (Lipinski definition) is 0. The number of anilines is 4. The number of fused-ring (bicyclic) bond motifs is 4. The molecule has 9 aromatic rings. The van der Waals surface area contributed by atoms with Crippen LogP contribution in [0.3, 0.4) is 0 Å². The molecule has 3 heterocycles. The first-order chi connectivity index (χ1) is 37.0. The number of nitrogens with zero attached hydrogens (tertiary/aromatic N) is 4. The molecule has 408 valence electrons. The molecular weight excluding hydrogens is 961 g/mol. The van der Waals surface area contributed by atoms with E-state index in [4.69, 9.17) is 9.72 Å². The van der Waals surface area contributed by atoms with Gasteiger partial charge in [-0.3, -0.25) is 4.57 Å². The lowest BCUT2D eigenvalue weighted by Gasteiger charge is -2.58. The van der Waals surface area contributed by atoms with Gasteiger partial charge < -0.3 is 14.5 Å². The Morgan fingerprint density at radius 1 is 0.380 bits per heavy atom. The molecule has 5 heteroatoms. The number of rotatable bonds is 9. The van der Waals surface area contributed by atoms with Crippen molar-refractivity contribution in [1.29, 1.82) is 0 Å². The van der Waals surface area contributed by atoms with Crippen molar-refractivity contribution in [2.45, 2.75) is 146 Å². The van der Waals surface area contributed by atoms with Crippen LogP contribution in [-0.2, 0) is 21.7 Å². The minimum Gasteiger partial charge on any atom is -0.457 e. The van der Waals surface area contributed by atoms with E-state index in [0.29, 0.717) is 6.67 Å². The molecule has 79 heavy (non-hydrogen) atoms. The fraction of sp³-hybridized carbons (Fsp3) is 0.365. The van der Waals surface area contributed by atoms with Crippen LogP contribution in [0.1, 0.15) is 158 Å². The Morgan fingerprint density at radius 3 is 1.41 bits per heavy atom. The van der Waals surface area contributed by atoms with Crippen molar-refractivity contribution in [3.05, 3.63) is 216 Å². The van der Waals surface area contributed by atoms with Gasteiger partial charge in [-0.1, -0.05) is 234 Å². The Morgan fingerprint density at radius 2 is 0.873 bits per heavy atom. The first-order valence-corrected chi connectivity index (χ1v) is 28.7. The van der Waals surface area contributed by atoms with Crippen molar-refractivity contribution >= 4 is 44.6 Å². The first-order valence-electron chi connectivity index (χ1n) is 28.7. The van der Waals surface area contributed by atoms with Crippen LogP contribution >= 0.6 is 0 Å². The van der Waals surface area contributed by atoms with E-state index in [0.717, 1.165) is 45.1 Å². The molecule has 0 saturated carbocycles. The highest BCUT2D eigenvalue weighted by Gasteiger charge is 2.59. The topological polar surface area (TPSA) is 33.5 Å². The molecule has 0 spiro atoms. The van der Waals surface area contributed by atoms with Crippen LogP contribution in [0.4, 0.5) is 22.7 Å². The Kier molecular flexibility index (Phi) is 13.5. The molecule has 0 aliphatic carbocycles. The van der Waals surface area contributed by atoms with Gasteiger partial charge in [0.05, 0.1) is 28.1 Å². The van der Waals surface area contributed by atoms with Crippen LogP contribution in [-0.4, -0.2) is 16.2 Å². The number of benzene rings is 7. The number of hydrogen-bond acceptors (Lipinski definition) is 4. The van der Waals surface area contributed by atoms with E-state index >= 15 is 0 Å². The highest BCUT2D eigenvalue weighted by Crippen LogP contribution is 2.66. The van der Waals surface area contributed by atoms with E-state index in [1.54, 1.807) is 0 Å². The number of pyridine rings is 1. The molecule has 0 amide bonds. The van der Waals surface area contributed by atoms with Gasteiger partial charge in [-0.25, -0.2) is 4.98 Å². The number of ether oxygens (including phenoxy) is 1. The summed E-state index contributed by atoms with van der Waals surface area (Å²) >= 11 is 0. The molecule has 1 aliphatic rings. The third kappa shape index (κ3) is 9.14. The van der Waals surface area contributed by atoms with E-state index < -0.39 is 10.8 Å². The Hall–Kier alpha value is -7.11. The van der Waals surface area contributed by atoms with E-state index in [1.807, 2.05) is 6.20 Å². The maximum absolute atomic E-state index is 7.19. The molecule has 0 saturated heterocycles. The Labute approximate surface area is 473 Å². The molecular formula is C74H86N4O. The Bertz CT molecular complexity index is 3570. The van der Waals surface area contributed by atoms with E-state index in [1.165, 1.54) is 50.1 Å². The van der Waals surface area contributed by atoms with Crippen molar-refractivity contribution in [3.8, 4) is 17.3 Å². The van der Waals surface area contributed by atoms with Gasteiger partial charge in [0.15, 0.2) is 0 Å². The van der Waals surface area contributed by atoms with Gasteiger partial charge in [-0.15, -0.1) is 0 Å². The highest BCUT2D eigenvalue weighted by atomic mass is 16.5. The molecule has 5 nitrogen and oxygen atoms in total. The maximum Gasteiger partial charge on any atom is 0.137 e. The van der Waals surface area contributed by atoms with E-state index in [2.05, 4.69) is 315 Å². The maximum atomic E-state index is 7.19. The first kappa shape index (κ1) is 55.2. The van der Waals surface area contributed by atoms with Crippen molar-refractivity contribution in [1.82, 2.24) is 9.55 Å². The van der Waals surface area contributed by atoms with Gasteiger partial charge in [0, 0.05) is 45.6 Å². The zero-order valence-electron chi connectivity index (χ0n) is 50.7. The van der Waals surface area contributed by atoms with Crippen LogP contribution in [0.5, 0.6) is 11.5 Å². The smallest absolute Gasteiger partial charge is 0.137 e. The summed E-state index contributed by atoms with van der Waals surface area (Å²) in [4.78, 5) is 10.2. The van der Waals surface area contributed by atoms with Gasteiger partial charge in [-0.05, 0) is 120 Å². The molecule has 7 aromatic carbocycles. The molecule has 0 radical (unpaired) electrons. The van der Waals surface area contributed by atoms with Crippen LogP contribution < -0.4 is 14.5 Å². The van der Waals surface area contributed by atoms with Crippen molar-refractivity contribution < 1.29 is 4.74 Å². The minimum absolute atomic E-state index is 0.0315. The van der Waals surface area contributed by atoms with E-state index in [9.17, 15) is 0 Å². The third-order valence-corrected chi connectivity index (χ3v) is 17.6. The van der Waals surface area contributed by atoms with Crippen LogP contribution in [0.2, 0.25) is 0 Å². The second-order valence-electron chi connectivity index (χ2n) is 28.7. The summed E-state index contributed by atoms with van der Waals surface area (Å²) in [7, 11) is 0. The van der Waals surface area contributed by atoms with Crippen molar-refractivity contribution in [3.63, 3.8) is 0 Å². The zero-order chi connectivity index (χ0) is 56.9. The summed E-state index contributed by atoms with van der Waals surface area (Å²) in [5.41, 5.74) is 12.5. The summed E-state index contributed by atoms with van der Waals surface area (Å²) < 4.78 is 9.48. The lowest BCUT2D eigenvalue weighted by atomic mass is 9.45. The average molecular weight is 1050 g/mol. The fourth-order valence-corrected chi connectivity index (χ4v) is 15.0. The minimum atomic E-state index is -0.474. The summed E-state index contributed by atoms with van der Waals surface area (Å²) in [6.45, 7) is 43.8. The molecule has 0 N–H and O–H groups in total. The standard InChI is InChI=1S/C74H86N4O/c1-67(2,3)52-42-43-75-65(46-52)78-61-37-26-25-34-57(61)58-41-40-55(48-64(58)78)79-56-45-53(68(4,5)6)44-54(47-56)76-49-77(63-39-28-27-38-62(63)76)66-59(73(69(7,8)9,70(10,11)12)50-30-21-19-22-31-50)35-29-36-60(66)74(71(13,14)15,72(16,17)18)51-32-23-20-24-33-51/h19-48H,49H2,1-18H3. The molecule has 0 fully saturated rings. The van der Waals surface area contributed by atoms with Gasteiger partial charge >= 0.3 is 0 Å². The lowest BCUT2D eigenvalue weighted by Crippen LogP contribution is -2.54. The van der Waals surface area contributed by atoms with Gasteiger partial charge in [0.1, 0.15) is 24.0 Å². The predicted molar refractivity (Wildman–Crippen MR) is 337 cm³/mol. The quantitative estimate of drug-likeness (QED) is 0.144. The Balaban J connectivity index is 1.20. The summed E-state index contributed by atoms with van der Waals surface area (Å²) in [5.74, 6) is 2.46. The van der Waals surface area contributed by atoms with Crippen molar-refractivity contribution in [2.75, 3.05) is 16.5 Å². The van der Waals surface area contributed by atoms with Gasteiger partial charge in [0.25, 0.3) is 0 Å². The second-order valence-corrected chi connectivity index (χ2v) is 28.7. The van der Waals surface area contributed by atoms with Crippen LogP contribution in [0.15, 0.2) is 182 Å². The van der Waals surface area contributed by atoms with E-state index in [-0.39, 0.29) is 32.5 Å². The summed E-state index contributed by atoms with van der Waals surface area (Å²) in [6.07, 6.45) is 1.94. The molecule has 2 aromatic heterocycles. The lowest BCUT2D eigenvalue weighted by molar-refractivity contribution is 0.0854. The molecule has 1 aliphatic heterocycles. The van der Waals surface area contributed by atoms with Gasteiger partial charge in [0.2, 0.25) is 0 Å². The fourth-order valence-electron chi connectivity index (χ4n) is 15.0. The number of aromatic nitrogens is 2. The zero-order valence-corrected chi connectivity index (χ0v) is 50.7. The second kappa shape index (κ2) is 19.3. The molecule has 0 unspecified atom stereocenters. The molecule has 0 bridgehead atoms. The third-order valence-electron chi connectivity index (χ3n) is 17.6. The predicted octanol–water partition coefficient (Wildman–Crippen LogP) is 20.6. The number of para-hydroxylation sites is 4. The SMILES string of the molecule is CC(C)(C)c1cc(Oc2ccc3c4ccccc4n(-c4cc(C(C)(C)C)ccn4)c3c2)cc(N2CN(c3c(C(c4ccccc4)(C(C)(C)C)C(C)(C)C)cccc3C(c3ccccc3)(C(C)(C)C)C(C)(C)C)c3ccccc32)c1. The van der Waals surface area contributed by atoms with Crippen LogP contribution in [0.25, 0.3) is 27.6 Å². The average Bonchev–Trinajstić information content (AvgIpc) is 4.07. The highest BCUT2D eigenvalue weighted by molar-refractivity contribution is 6.09. The van der Waals surface area contributed by atoms with Gasteiger partial charge in [-0.2, -0.15) is 0 Å². The summed E-state index contributed by atoms with van der Waals surface area (Å²) in [6, 6.07) is 65.7. The summed E-state index contributed by atoms with van der Waals surface area (Å²) in [5, 5.41) is 2.34. The molecule has 10 rings (SSSR count). The monoisotopic (exact) mass is 1050 g/mol. The normalized spacial score (nSPS) is 14.1. The van der Waals surface area contributed by atoms with Crippen molar-refractivity contribution in [2.24, 2.45) is 21.7 Å². The molecule has 0 atom stereocenters. The van der Waals surface area contributed by atoms with Crippen LogP contribution in [0, 0.1) is 21.7 Å². The largest absolute Gasteiger partial charge is 0.457 e.